The third-order valence-electron chi connectivity index (χ3n) is 1.98. The molecule has 0 aliphatic heterocycles. The summed E-state index contributed by atoms with van der Waals surface area (Å²) in [7, 11) is 0. The van der Waals surface area contributed by atoms with Crippen LogP contribution < -0.4 is 10.5 Å². The fraction of sp³-hybridized carbons (Fsp3) is 0.154. The first-order valence-electron chi connectivity index (χ1n) is 4.96. The van der Waals surface area contributed by atoms with Crippen molar-refractivity contribution in [2.24, 2.45) is 5.73 Å². The SMILES string of the molecule is C=C=CC(CC(N)=O)Oc1ccc(C#N)cc1. The van der Waals surface area contributed by atoms with Gasteiger partial charge < -0.3 is 10.5 Å². The Bertz CT molecular complexity index is 479. The van der Waals surface area contributed by atoms with Gasteiger partial charge in [0.1, 0.15) is 11.9 Å². The van der Waals surface area contributed by atoms with Gasteiger partial charge in [0.2, 0.25) is 5.91 Å². The Kier molecular flexibility index (Phi) is 4.56. The van der Waals surface area contributed by atoms with Crippen molar-refractivity contribution in [3.8, 4) is 11.8 Å². The molecule has 1 aromatic rings. The highest BCUT2D eigenvalue weighted by Gasteiger charge is 2.10. The van der Waals surface area contributed by atoms with E-state index in [1.54, 1.807) is 24.3 Å². The molecule has 4 heteroatoms. The fourth-order valence-corrected chi connectivity index (χ4v) is 1.25. The first kappa shape index (κ1) is 12.6. The van der Waals surface area contributed by atoms with E-state index in [0.717, 1.165) is 0 Å². The summed E-state index contributed by atoms with van der Waals surface area (Å²) in [6.07, 6.45) is 1.10. The molecule has 0 radical (unpaired) electrons. The molecule has 0 spiro atoms. The zero-order valence-electron chi connectivity index (χ0n) is 9.22. The molecule has 1 aromatic carbocycles. The molecule has 0 aliphatic carbocycles. The summed E-state index contributed by atoms with van der Waals surface area (Å²) < 4.78 is 5.50. The largest absolute Gasteiger partial charge is 0.485 e. The number of hydrogen-bond acceptors (Lipinski definition) is 3. The van der Waals surface area contributed by atoms with Crippen molar-refractivity contribution in [1.82, 2.24) is 0 Å². The lowest BCUT2D eigenvalue weighted by molar-refractivity contribution is -0.119. The van der Waals surface area contributed by atoms with Gasteiger partial charge in [0.25, 0.3) is 0 Å². The molecule has 1 unspecified atom stereocenters. The predicted octanol–water partition coefficient (Wildman–Crippen LogP) is 1.52. The van der Waals surface area contributed by atoms with Crippen LogP contribution in [0.4, 0.5) is 0 Å². The van der Waals surface area contributed by atoms with Crippen LogP contribution >= 0.6 is 0 Å². The first-order chi connectivity index (χ1) is 8.15. The number of amides is 1. The van der Waals surface area contributed by atoms with Crippen molar-refractivity contribution in [3.63, 3.8) is 0 Å². The molecule has 1 atom stereocenters. The Hall–Kier alpha value is -2.50. The van der Waals surface area contributed by atoms with Gasteiger partial charge in [0, 0.05) is 0 Å². The smallest absolute Gasteiger partial charge is 0.221 e. The molecule has 86 valence electrons. The summed E-state index contributed by atoms with van der Waals surface area (Å²) in [6.45, 7) is 3.42. The number of primary amides is 1. The summed E-state index contributed by atoms with van der Waals surface area (Å²) in [5.41, 5.74) is 8.19. The summed E-state index contributed by atoms with van der Waals surface area (Å²) in [5.74, 6) is 0.0943. The number of carbonyl (C=O) groups is 1. The third-order valence-corrected chi connectivity index (χ3v) is 1.98. The van der Waals surface area contributed by atoms with Crippen LogP contribution in [0.25, 0.3) is 0 Å². The maximum atomic E-state index is 10.8. The third kappa shape index (κ3) is 4.25. The molecule has 1 amide bonds. The molecule has 0 heterocycles. The monoisotopic (exact) mass is 228 g/mol. The van der Waals surface area contributed by atoms with E-state index in [1.807, 2.05) is 6.07 Å². The van der Waals surface area contributed by atoms with Crippen LogP contribution in [-0.4, -0.2) is 12.0 Å². The zero-order valence-corrected chi connectivity index (χ0v) is 9.22. The van der Waals surface area contributed by atoms with Crippen LogP contribution in [0.5, 0.6) is 5.75 Å². The topological polar surface area (TPSA) is 76.1 Å². The van der Waals surface area contributed by atoms with E-state index in [2.05, 4.69) is 12.3 Å². The number of nitrogens with zero attached hydrogens (tertiary/aromatic N) is 1. The number of ether oxygens (including phenoxy) is 1. The van der Waals surface area contributed by atoms with Gasteiger partial charge in [-0.05, 0) is 30.3 Å². The number of benzene rings is 1. The standard InChI is InChI=1S/C13H12N2O2/c1-2-3-12(8-13(15)16)17-11-6-4-10(9-14)5-7-11/h3-7,12H,1,8H2,(H2,15,16). The number of nitriles is 1. The molecular weight excluding hydrogens is 216 g/mol. The number of carbonyl (C=O) groups excluding carboxylic acids is 1. The second-order valence-electron chi connectivity index (χ2n) is 3.33. The lowest BCUT2D eigenvalue weighted by atomic mass is 10.2. The van der Waals surface area contributed by atoms with Crippen LogP contribution in [0.2, 0.25) is 0 Å². The average molecular weight is 228 g/mol. The van der Waals surface area contributed by atoms with Crippen molar-refractivity contribution >= 4 is 5.91 Å². The molecule has 0 saturated heterocycles. The molecular formula is C13H12N2O2. The molecule has 0 saturated carbocycles. The predicted molar refractivity (Wildman–Crippen MR) is 63.1 cm³/mol. The van der Waals surface area contributed by atoms with E-state index in [0.29, 0.717) is 11.3 Å². The minimum atomic E-state index is -0.488. The van der Waals surface area contributed by atoms with Gasteiger partial charge in [0.05, 0.1) is 18.1 Å². The summed E-state index contributed by atoms with van der Waals surface area (Å²) in [4.78, 5) is 10.8. The van der Waals surface area contributed by atoms with Crippen LogP contribution in [0.1, 0.15) is 12.0 Å². The van der Waals surface area contributed by atoms with Gasteiger partial charge >= 0.3 is 0 Å². The molecule has 1 rings (SSSR count). The van der Waals surface area contributed by atoms with Gasteiger partial charge in [-0.2, -0.15) is 5.26 Å². The Morgan fingerprint density at radius 2 is 2.18 bits per heavy atom. The number of nitrogens with two attached hydrogens (primary N) is 1. The van der Waals surface area contributed by atoms with E-state index in [1.165, 1.54) is 6.08 Å². The van der Waals surface area contributed by atoms with Crippen molar-refractivity contribution in [2.75, 3.05) is 0 Å². The van der Waals surface area contributed by atoms with Crippen molar-refractivity contribution in [3.05, 3.63) is 48.2 Å². The van der Waals surface area contributed by atoms with E-state index in [-0.39, 0.29) is 6.42 Å². The average Bonchev–Trinajstić information content (AvgIpc) is 2.29. The second kappa shape index (κ2) is 6.16. The Morgan fingerprint density at radius 1 is 1.53 bits per heavy atom. The maximum absolute atomic E-state index is 10.8. The molecule has 17 heavy (non-hydrogen) atoms. The van der Waals surface area contributed by atoms with Crippen molar-refractivity contribution < 1.29 is 9.53 Å². The highest BCUT2D eigenvalue weighted by Crippen LogP contribution is 2.15. The van der Waals surface area contributed by atoms with Gasteiger partial charge in [-0.15, -0.1) is 5.73 Å². The normalized spacial score (nSPS) is 10.8. The molecule has 0 fully saturated rings. The summed E-state index contributed by atoms with van der Waals surface area (Å²) in [6, 6.07) is 8.58. The van der Waals surface area contributed by atoms with Crippen molar-refractivity contribution in [2.45, 2.75) is 12.5 Å². The number of hydrogen-bond donors (Lipinski definition) is 1. The van der Waals surface area contributed by atoms with E-state index in [4.69, 9.17) is 15.7 Å². The maximum Gasteiger partial charge on any atom is 0.221 e. The molecule has 4 nitrogen and oxygen atoms in total. The molecule has 2 N–H and O–H groups in total. The van der Waals surface area contributed by atoms with Crippen molar-refractivity contribution in [1.29, 1.82) is 5.26 Å². The first-order valence-corrected chi connectivity index (χ1v) is 4.96. The molecule has 0 aromatic heterocycles. The highest BCUT2D eigenvalue weighted by atomic mass is 16.5. The van der Waals surface area contributed by atoms with E-state index in [9.17, 15) is 4.79 Å². The van der Waals surface area contributed by atoms with Gasteiger partial charge in [0.15, 0.2) is 0 Å². The van der Waals surface area contributed by atoms with Gasteiger partial charge in [-0.1, -0.05) is 6.58 Å². The van der Waals surface area contributed by atoms with Gasteiger partial charge in [-0.3, -0.25) is 4.79 Å². The summed E-state index contributed by atoms with van der Waals surface area (Å²) >= 11 is 0. The second-order valence-corrected chi connectivity index (χ2v) is 3.33. The minimum Gasteiger partial charge on any atom is -0.485 e. The number of rotatable bonds is 5. The zero-order chi connectivity index (χ0) is 12.7. The Labute approximate surface area is 99.6 Å². The lowest BCUT2D eigenvalue weighted by Crippen LogP contribution is -2.23. The molecule has 0 bridgehead atoms. The van der Waals surface area contributed by atoms with Crippen LogP contribution in [0, 0.1) is 11.3 Å². The Balaban J connectivity index is 2.75. The van der Waals surface area contributed by atoms with Crippen LogP contribution in [0.3, 0.4) is 0 Å². The minimum absolute atomic E-state index is 0.0581. The van der Waals surface area contributed by atoms with Crippen LogP contribution in [-0.2, 0) is 4.79 Å². The van der Waals surface area contributed by atoms with Gasteiger partial charge in [-0.25, -0.2) is 0 Å². The summed E-state index contributed by atoms with van der Waals surface area (Å²) in [5, 5.41) is 8.64. The quantitative estimate of drug-likeness (QED) is 0.776. The lowest BCUT2D eigenvalue weighted by Gasteiger charge is -2.13. The van der Waals surface area contributed by atoms with E-state index < -0.39 is 12.0 Å². The van der Waals surface area contributed by atoms with Crippen LogP contribution in [0.15, 0.2) is 42.7 Å². The fourth-order valence-electron chi connectivity index (χ4n) is 1.25. The van der Waals surface area contributed by atoms with E-state index >= 15 is 0 Å². The molecule has 0 aliphatic rings. The Morgan fingerprint density at radius 3 is 2.65 bits per heavy atom. The highest BCUT2D eigenvalue weighted by molar-refractivity contribution is 5.74.